The first-order chi connectivity index (χ1) is 10.7. The zero-order chi connectivity index (χ0) is 15.2. The van der Waals surface area contributed by atoms with Gasteiger partial charge in [0.1, 0.15) is 11.3 Å². The summed E-state index contributed by atoms with van der Waals surface area (Å²) in [7, 11) is -4.18. The van der Waals surface area contributed by atoms with Gasteiger partial charge in [0.2, 0.25) is 0 Å². The first-order valence-corrected chi connectivity index (χ1v) is 6.92. The lowest BCUT2D eigenvalue weighted by atomic mass is 10.0. The monoisotopic (exact) mass is 296 g/mol. The molecular weight excluding hydrogens is 285 g/mol. The second-order valence-electron chi connectivity index (χ2n) is 5.06. The number of fused-ring (bicyclic) bond motifs is 2. The minimum atomic E-state index is -4.18. The number of aromatic nitrogens is 1. The summed E-state index contributed by atoms with van der Waals surface area (Å²) >= 11 is 0. The number of rotatable bonds is 1. The summed E-state index contributed by atoms with van der Waals surface area (Å²) in [6, 6.07) is 8.85. The summed E-state index contributed by atoms with van der Waals surface area (Å²) in [4.78, 5) is 4.26. The first kappa shape index (κ1) is 12.9. The smallest absolute Gasteiger partial charge is 0.595 e. The van der Waals surface area contributed by atoms with Crippen molar-refractivity contribution in [1.29, 1.82) is 0 Å². The molecule has 1 aromatic heterocycles. The molecule has 0 atom stereocenters. The molecule has 22 heavy (non-hydrogen) atoms. The minimum absolute atomic E-state index is 0.169. The Hall–Kier alpha value is -2.76. The second-order valence-corrected chi connectivity index (χ2v) is 5.06. The Labute approximate surface area is 125 Å². The standard InChI is InChI=1S/C16H11BF2N2O/c18-17(19)21(13-8-2-1-3-10-15(13)22-17)14-9-4-6-12-7-5-11-20-16(12)14/h1-11H. The van der Waals surface area contributed by atoms with E-state index in [9.17, 15) is 8.63 Å². The topological polar surface area (TPSA) is 25.1 Å². The lowest BCUT2D eigenvalue weighted by molar-refractivity contribution is -0.334. The molecule has 0 amide bonds. The third-order valence-corrected chi connectivity index (χ3v) is 3.68. The molecule has 108 valence electrons. The number of halogens is 2. The van der Waals surface area contributed by atoms with Crippen LogP contribution in [-0.2, 0) is 4.65 Å². The number of para-hydroxylation sites is 1. The van der Waals surface area contributed by atoms with Crippen LogP contribution in [0.5, 0.6) is 0 Å². The van der Waals surface area contributed by atoms with E-state index in [0.29, 0.717) is 16.9 Å². The SMILES string of the molecule is F[B-]1(F)OC2=CC=CC=CC2=[N+]1c1cccc2cccnc12. The van der Waals surface area contributed by atoms with E-state index >= 15 is 0 Å². The van der Waals surface area contributed by atoms with E-state index in [-0.39, 0.29) is 5.76 Å². The third-order valence-electron chi connectivity index (χ3n) is 3.68. The van der Waals surface area contributed by atoms with E-state index < -0.39 is 7.04 Å². The van der Waals surface area contributed by atoms with Crippen LogP contribution in [0.1, 0.15) is 0 Å². The molecule has 0 saturated heterocycles. The van der Waals surface area contributed by atoms with Crippen LogP contribution >= 0.6 is 0 Å². The van der Waals surface area contributed by atoms with Gasteiger partial charge in [-0.15, -0.1) is 0 Å². The quantitative estimate of drug-likeness (QED) is 0.749. The number of nitrogens with zero attached hydrogens (tertiary/aromatic N) is 2. The first-order valence-electron chi connectivity index (χ1n) is 6.92. The largest absolute Gasteiger partial charge is 0.834 e. The van der Waals surface area contributed by atoms with Crippen molar-refractivity contribution in [1.82, 2.24) is 4.98 Å². The van der Waals surface area contributed by atoms with E-state index in [1.165, 1.54) is 0 Å². The van der Waals surface area contributed by atoms with Crippen molar-refractivity contribution >= 4 is 29.3 Å². The molecule has 1 aliphatic heterocycles. The Morgan fingerprint density at radius 2 is 1.91 bits per heavy atom. The average Bonchev–Trinajstić information content (AvgIpc) is 2.65. The van der Waals surface area contributed by atoms with Crippen LogP contribution < -0.4 is 0 Å². The van der Waals surface area contributed by atoms with Gasteiger partial charge in [-0.05, 0) is 12.1 Å². The zero-order valence-corrected chi connectivity index (χ0v) is 11.5. The predicted molar refractivity (Wildman–Crippen MR) is 82.1 cm³/mol. The molecule has 1 aliphatic carbocycles. The Bertz CT molecular complexity index is 895. The maximum absolute atomic E-state index is 14.5. The lowest BCUT2D eigenvalue weighted by Gasteiger charge is -2.15. The van der Waals surface area contributed by atoms with Gasteiger partial charge in [0.15, 0.2) is 11.4 Å². The van der Waals surface area contributed by atoms with Gasteiger partial charge in [-0.3, -0.25) is 0 Å². The fourth-order valence-electron chi connectivity index (χ4n) is 2.76. The summed E-state index contributed by atoms with van der Waals surface area (Å²) in [5.74, 6) is 0.169. The summed E-state index contributed by atoms with van der Waals surface area (Å²) in [5, 5.41) is 0.806. The van der Waals surface area contributed by atoms with E-state index in [1.807, 2.05) is 12.1 Å². The van der Waals surface area contributed by atoms with Crippen molar-refractivity contribution in [2.75, 3.05) is 0 Å². The molecule has 2 aromatic rings. The zero-order valence-electron chi connectivity index (χ0n) is 11.5. The van der Waals surface area contributed by atoms with Gasteiger partial charge in [-0.1, -0.05) is 36.4 Å². The fourth-order valence-corrected chi connectivity index (χ4v) is 2.76. The van der Waals surface area contributed by atoms with Crippen molar-refractivity contribution in [3.8, 4) is 0 Å². The maximum Gasteiger partial charge on any atom is 0.834 e. The molecule has 0 spiro atoms. The minimum Gasteiger partial charge on any atom is -0.595 e. The molecule has 6 heteroatoms. The van der Waals surface area contributed by atoms with E-state index in [1.54, 1.807) is 54.8 Å². The van der Waals surface area contributed by atoms with Gasteiger partial charge >= 0.3 is 7.04 Å². The Kier molecular flexibility index (Phi) is 2.72. The van der Waals surface area contributed by atoms with E-state index in [4.69, 9.17) is 4.65 Å². The van der Waals surface area contributed by atoms with E-state index in [2.05, 4.69) is 4.98 Å². The number of allylic oxidation sites excluding steroid dienone is 5. The molecule has 0 N–H and O–H groups in total. The van der Waals surface area contributed by atoms with Gasteiger partial charge in [0, 0.05) is 23.7 Å². The van der Waals surface area contributed by atoms with Crippen molar-refractivity contribution < 1.29 is 17.8 Å². The number of hydrogen-bond donors (Lipinski definition) is 0. The fraction of sp³-hybridized carbons (Fsp3) is 0. The number of benzene rings is 1. The molecule has 3 nitrogen and oxygen atoms in total. The summed E-state index contributed by atoms with van der Waals surface area (Å²) in [6.45, 7) is 0. The Balaban J connectivity index is 2.05. The molecule has 0 radical (unpaired) electrons. The highest BCUT2D eigenvalue weighted by Gasteiger charge is 2.55. The van der Waals surface area contributed by atoms with Gasteiger partial charge in [0.05, 0.1) is 0 Å². The van der Waals surface area contributed by atoms with Crippen molar-refractivity contribution in [3.05, 3.63) is 72.7 Å². The van der Waals surface area contributed by atoms with Crippen molar-refractivity contribution in [2.24, 2.45) is 0 Å². The van der Waals surface area contributed by atoms with Gasteiger partial charge < -0.3 is 17.8 Å². The molecule has 2 aliphatic rings. The number of hydrogen-bond acceptors (Lipinski definition) is 2. The molecule has 0 unspecified atom stereocenters. The summed E-state index contributed by atoms with van der Waals surface area (Å²) < 4.78 is 34.8. The van der Waals surface area contributed by atoms with Crippen molar-refractivity contribution in [2.45, 2.75) is 0 Å². The van der Waals surface area contributed by atoms with Gasteiger partial charge in [-0.2, -0.15) is 0 Å². The van der Waals surface area contributed by atoms with Crippen molar-refractivity contribution in [3.63, 3.8) is 0 Å². The Morgan fingerprint density at radius 3 is 2.82 bits per heavy atom. The molecule has 4 rings (SSSR count). The summed E-state index contributed by atoms with van der Waals surface area (Å²) in [5.41, 5.74) is 1.20. The van der Waals surface area contributed by atoms with Crippen LogP contribution in [0.2, 0.25) is 0 Å². The Morgan fingerprint density at radius 1 is 1.05 bits per heavy atom. The highest BCUT2D eigenvalue weighted by molar-refractivity contribution is 6.55. The predicted octanol–water partition coefficient (Wildman–Crippen LogP) is 3.73. The normalized spacial score (nSPS) is 18.9. The van der Waals surface area contributed by atoms with Crippen LogP contribution in [0.4, 0.5) is 14.3 Å². The maximum atomic E-state index is 14.5. The highest BCUT2D eigenvalue weighted by Crippen LogP contribution is 2.35. The van der Waals surface area contributed by atoms with Crippen LogP contribution in [-0.4, -0.2) is 22.2 Å². The second kappa shape index (κ2) is 4.63. The summed E-state index contributed by atoms with van der Waals surface area (Å²) in [6.07, 6.45) is 9.93. The average molecular weight is 296 g/mol. The molecular formula is C16H11BF2N2O. The van der Waals surface area contributed by atoms with Crippen LogP contribution in [0.3, 0.4) is 0 Å². The van der Waals surface area contributed by atoms with Crippen LogP contribution in [0.15, 0.2) is 72.7 Å². The van der Waals surface area contributed by atoms with Crippen LogP contribution in [0, 0.1) is 0 Å². The number of pyridine rings is 1. The highest BCUT2D eigenvalue weighted by atomic mass is 19.3. The van der Waals surface area contributed by atoms with Crippen LogP contribution in [0.25, 0.3) is 10.9 Å². The lowest BCUT2D eigenvalue weighted by Crippen LogP contribution is -2.35. The molecule has 1 aromatic carbocycles. The molecule has 0 bridgehead atoms. The molecule has 0 fully saturated rings. The molecule has 2 heterocycles. The molecule has 0 saturated carbocycles. The third kappa shape index (κ3) is 1.88. The van der Waals surface area contributed by atoms with Gasteiger partial charge in [0.25, 0.3) is 0 Å². The van der Waals surface area contributed by atoms with Gasteiger partial charge in [-0.25, -0.2) is 4.98 Å². The van der Waals surface area contributed by atoms with E-state index in [0.717, 1.165) is 9.87 Å².